The van der Waals surface area contributed by atoms with Crippen LogP contribution in [-0.4, -0.2) is 23.3 Å². The molecule has 1 aliphatic heterocycles. The zero-order chi connectivity index (χ0) is 9.90. The highest BCUT2D eigenvalue weighted by atomic mass is 79.9. The Morgan fingerprint density at radius 3 is 3.00 bits per heavy atom. The van der Waals surface area contributed by atoms with E-state index in [0.717, 1.165) is 0 Å². The number of hydroxylamine groups is 1. The monoisotopic (exact) mass is 286 g/mol. The lowest BCUT2D eigenvalue weighted by Crippen LogP contribution is -2.27. The van der Waals surface area contributed by atoms with E-state index in [9.17, 15) is 4.79 Å². The van der Waals surface area contributed by atoms with Gasteiger partial charge in [-0.05, 0) is 6.92 Å². The van der Waals surface area contributed by atoms with Gasteiger partial charge in [0.05, 0.1) is 5.88 Å². The average molecular weight is 288 g/mol. The van der Waals surface area contributed by atoms with Crippen molar-refractivity contribution >= 4 is 40.4 Å². The van der Waals surface area contributed by atoms with E-state index >= 15 is 0 Å². The molecule has 0 saturated carbocycles. The third-order valence-corrected chi connectivity index (χ3v) is 2.11. The zero-order valence-electron chi connectivity index (χ0n) is 7.54. The first-order valence-corrected chi connectivity index (χ1v) is 4.21. The topological polar surface area (TPSA) is 88.7 Å². The van der Waals surface area contributed by atoms with Crippen LogP contribution in [-0.2, 0) is 4.84 Å². The number of rotatable bonds is 2. The van der Waals surface area contributed by atoms with Crippen molar-refractivity contribution in [2.75, 3.05) is 5.88 Å². The van der Waals surface area contributed by atoms with Gasteiger partial charge in [-0.25, -0.2) is 10.2 Å². The molecular formula is C6H12BrClN4O2. The molecule has 1 atom stereocenters. The van der Waals surface area contributed by atoms with Gasteiger partial charge in [-0.1, -0.05) is 0 Å². The molecule has 2 amide bonds. The number of carbonyl (C=O) groups excluding carboxylic acids is 1. The molecule has 1 saturated heterocycles. The third-order valence-electron chi connectivity index (χ3n) is 1.54. The quantitative estimate of drug-likeness (QED) is 0.509. The molecule has 0 aromatic heterocycles. The number of nitrogens with zero attached hydrogens (tertiary/aromatic N) is 1. The predicted octanol–water partition coefficient (Wildman–Crippen LogP) is 0.468. The van der Waals surface area contributed by atoms with Crippen molar-refractivity contribution in [3.8, 4) is 0 Å². The maximum Gasteiger partial charge on any atom is 0.332 e. The highest BCUT2D eigenvalue weighted by Gasteiger charge is 2.33. The lowest BCUT2D eigenvalue weighted by molar-refractivity contribution is -0.0175. The minimum absolute atomic E-state index is 0. The van der Waals surface area contributed by atoms with Crippen LogP contribution in [0, 0.1) is 0 Å². The molecule has 0 radical (unpaired) electrons. The van der Waals surface area contributed by atoms with E-state index in [0.29, 0.717) is 18.1 Å². The molecule has 4 N–H and O–H groups in total. The highest BCUT2D eigenvalue weighted by molar-refractivity contribution is 8.93. The second kappa shape index (κ2) is 5.38. The summed E-state index contributed by atoms with van der Waals surface area (Å²) >= 11 is 5.64. The van der Waals surface area contributed by atoms with E-state index < -0.39 is 11.6 Å². The molecule has 1 rings (SSSR count). The standard InChI is InChI=1S/C6H11ClN4O2.BrH/c1-6(3-7)2-4(11-13-6)9-10-5(8)12;/h2-3H2,1H3,(H,9,11)(H3,8,10,12);1H. The summed E-state index contributed by atoms with van der Waals surface area (Å²) in [6, 6.07) is -0.714. The molecule has 1 unspecified atom stereocenters. The Bertz CT molecular complexity index is 250. The van der Waals surface area contributed by atoms with Gasteiger partial charge in [-0.15, -0.1) is 28.6 Å². The van der Waals surface area contributed by atoms with E-state index in [1.807, 2.05) is 6.92 Å². The number of urea groups is 1. The number of nitrogens with two attached hydrogens (primary N) is 1. The molecule has 8 heteroatoms. The van der Waals surface area contributed by atoms with Gasteiger partial charge in [0.15, 0.2) is 0 Å². The maximum atomic E-state index is 10.3. The average Bonchev–Trinajstić information content (AvgIpc) is 2.45. The van der Waals surface area contributed by atoms with Gasteiger partial charge < -0.3 is 5.73 Å². The first-order chi connectivity index (χ1) is 6.06. The Morgan fingerprint density at radius 2 is 2.57 bits per heavy atom. The molecule has 82 valence electrons. The summed E-state index contributed by atoms with van der Waals surface area (Å²) in [5.74, 6) is 0.845. The first-order valence-electron chi connectivity index (χ1n) is 3.68. The molecule has 1 fully saturated rings. The minimum atomic E-state index is -0.714. The largest absolute Gasteiger partial charge is 0.350 e. The van der Waals surface area contributed by atoms with Crippen LogP contribution in [0.4, 0.5) is 4.79 Å². The summed E-state index contributed by atoms with van der Waals surface area (Å²) in [5.41, 5.74) is 8.99. The van der Waals surface area contributed by atoms with Gasteiger partial charge in [-0.3, -0.25) is 10.3 Å². The number of hydrogen-bond acceptors (Lipinski definition) is 3. The zero-order valence-corrected chi connectivity index (χ0v) is 10.0. The maximum absolute atomic E-state index is 10.3. The molecule has 14 heavy (non-hydrogen) atoms. The van der Waals surface area contributed by atoms with Gasteiger partial charge in [0, 0.05) is 6.42 Å². The molecule has 1 aliphatic rings. The van der Waals surface area contributed by atoms with Crippen LogP contribution < -0.4 is 16.6 Å². The summed E-state index contributed by atoms with van der Waals surface area (Å²) in [6.07, 6.45) is 0.511. The van der Waals surface area contributed by atoms with E-state index in [1.54, 1.807) is 0 Å². The second-order valence-electron chi connectivity index (χ2n) is 3.00. The van der Waals surface area contributed by atoms with E-state index in [2.05, 4.69) is 16.0 Å². The Labute approximate surface area is 96.9 Å². The lowest BCUT2D eigenvalue weighted by atomic mass is 10.1. The molecule has 0 spiro atoms. The Balaban J connectivity index is 0.00000169. The van der Waals surface area contributed by atoms with Gasteiger partial charge in [0.1, 0.15) is 11.4 Å². The molecule has 6 nitrogen and oxygen atoms in total. The van der Waals surface area contributed by atoms with Crippen LogP contribution in [0.15, 0.2) is 5.10 Å². The number of nitrogens with one attached hydrogen (secondary N) is 2. The fourth-order valence-electron chi connectivity index (χ4n) is 0.868. The van der Waals surface area contributed by atoms with Gasteiger partial charge in [0.25, 0.3) is 0 Å². The fourth-order valence-corrected chi connectivity index (χ4v) is 1.02. The van der Waals surface area contributed by atoms with Crippen molar-refractivity contribution < 1.29 is 9.63 Å². The normalized spacial score (nSPS) is 28.0. The van der Waals surface area contributed by atoms with Crippen molar-refractivity contribution in [1.82, 2.24) is 10.9 Å². The van der Waals surface area contributed by atoms with Gasteiger partial charge >= 0.3 is 6.03 Å². The van der Waals surface area contributed by atoms with Crippen molar-refractivity contribution in [2.24, 2.45) is 10.8 Å². The number of primary amides is 1. The van der Waals surface area contributed by atoms with E-state index in [-0.39, 0.29) is 17.0 Å². The van der Waals surface area contributed by atoms with E-state index in [4.69, 9.17) is 22.2 Å². The first kappa shape index (κ1) is 13.5. The van der Waals surface area contributed by atoms with Crippen LogP contribution in [0.3, 0.4) is 0 Å². The Kier molecular flexibility index (Phi) is 5.17. The third kappa shape index (κ3) is 3.69. The van der Waals surface area contributed by atoms with E-state index in [1.165, 1.54) is 0 Å². The number of amidine groups is 1. The lowest BCUT2D eigenvalue weighted by Gasteiger charge is -2.15. The molecule has 0 bridgehead atoms. The number of alkyl halides is 1. The van der Waals surface area contributed by atoms with Crippen molar-refractivity contribution in [1.29, 1.82) is 0 Å². The van der Waals surface area contributed by atoms with Crippen LogP contribution >= 0.6 is 28.6 Å². The molecular weight excluding hydrogens is 275 g/mol. The molecule has 0 aromatic rings. The molecule has 1 heterocycles. The smallest absolute Gasteiger partial charge is 0.332 e. The Morgan fingerprint density at radius 1 is 1.93 bits per heavy atom. The van der Waals surface area contributed by atoms with Crippen molar-refractivity contribution in [2.45, 2.75) is 18.9 Å². The summed E-state index contributed by atoms with van der Waals surface area (Å²) < 4.78 is 0. The minimum Gasteiger partial charge on any atom is -0.350 e. The van der Waals surface area contributed by atoms with Gasteiger partial charge in [-0.2, -0.15) is 5.10 Å². The SMILES string of the molecule is Br.CC1(CCl)CC(=NNC(N)=O)NO1. The summed E-state index contributed by atoms with van der Waals surface area (Å²) in [5, 5.41) is 3.66. The van der Waals surface area contributed by atoms with Crippen LogP contribution in [0.1, 0.15) is 13.3 Å². The number of halogens is 2. The summed E-state index contributed by atoms with van der Waals surface area (Å²) in [4.78, 5) is 15.4. The summed E-state index contributed by atoms with van der Waals surface area (Å²) in [6.45, 7) is 1.83. The van der Waals surface area contributed by atoms with Crippen LogP contribution in [0.2, 0.25) is 0 Å². The van der Waals surface area contributed by atoms with Crippen molar-refractivity contribution in [3.05, 3.63) is 0 Å². The number of amides is 2. The molecule has 0 aliphatic carbocycles. The highest BCUT2D eigenvalue weighted by Crippen LogP contribution is 2.21. The van der Waals surface area contributed by atoms with Gasteiger partial charge in [0.2, 0.25) is 0 Å². The predicted molar refractivity (Wildman–Crippen MR) is 58.4 cm³/mol. The number of carbonyl (C=O) groups is 1. The fraction of sp³-hybridized carbons (Fsp3) is 0.667. The number of hydrazone groups is 1. The van der Waals surface area contributed by atoms with Crippen LogP contribution in [0.5, 0.6) is 0 Å². The summed E-state index contributed by atoms with van der Waals surface area (Å²) in [7, 11) is 0. The molecule has 0 aromatic carbocycles. The number of hydrogen-bond donors (Lipinski definition) is 3. The second-order valence-corrected chi connectivity index (χ2v) is 3.27. The Hall–Kier alpha value is -0.530. The van der Waals surface area contributed by atoms with Crippen molar-refractivity contribution in [3.63, 3.8) is 0 Å². The van der Waals surface area contributed by atoms with Crippen LogP contribution in [0.25, 0.3) is 0 Å².